The zero-order valence-electron chi connectivity index (χ0n) is 11.8. The van der Waals surface area contributed by atoms with E-state index in [4.69, 9.17) is 16.3 Å². The van der Waals surface area contributed by atoms with Crippen molar-refractivity contribution in [1.82, 2.24) is 4.90 Å². The molecule has 3 rings (SSSR count). The van der Waals surface area contributed by atoms with E-state index in [0.29, 0.717) is 36.0 Å². The van der Waals surface area contributed by atoms with Crippen LogP contribution >= 0.6 is 11.6 Å². The van der Waals surface area contributed by atoms with Crippen LogP contribution in [0.4, 0.5) is 5.69 Å². The molecule has 1 atom stereocenters. The van der Waals surface area contributed by atoms with Crippen molar-refractivity contribution in [2.24, 2.45) is 0 Å². The van der Waals surface area contributed by atoms with Crippen LogP contribution in [0.25, 0.3) is 0 Å². The number of hydrogen-bond donors (Lipinski definition) is 0. The largest absolute Gasteiger partial charge is 0.497 e. The zero-order chi connectivity index (χ0) is 15.0. The van der Waals surface area contributed by atoms with Gasteiger partial charge < -0.3 is 14.5 Å². The van der Waals surface area contributed by atoms with E-state index >= 15 is 0 Å². The van der Waals surface area contributed by atoms with Crippen LogP contribution in [0.1, 0.15) is 19.3 Å². The highest BCUT2D eigenvalue weighted by atomic mass is 35.5. The number of halogens is 1. The third kappa shape index (κ3) is 2.46. The third-order valence-corrected chi connectivity index (χ3v) is 4.44. The lowest BCUT2D eigenvalue weighted by Crippen LogP contribution is -2.43. The number of ether oxygens (including phenoxy) is 1. The average Bonchev–Trinajstić information content (AvgIpc) is 2.94. The monoisotopic (exact) mass is 308 g/mol. The van der Waals surface area contributed by atoms with Gasteiger partial charge >= 0.3 is 0 Å². The molecule has 2 amide bonds. The molecular weight excluding hydrogens is 292 g/mol. The zero-order valence-corrected chi connectivity index (χ0v) is 12.6. The van der Waals surface area contributed by atoms with Gasteiger partial charge in [0, 0.05) is 25.6 Å². The Balaban J connectivity index is 1.98. The number of methoxy groups -OCH3 is 1. The smallest absolute Gasteiger partial charge is 0.249 e. The summed E-state index contributed by atoms with van der Waals surface area (Å²) >= 11 is 6.24. The Labute approximate surface area is 128 Å². The molecule has 2 heterocycles. The van der Waals surface area contributed by atoms with Crippen LogP contribution in [-0.2, 0) is 9.59 Å². The first-order valence-electron chi connectivity index (χ1n) is 7.06. The summed E-state index contributed by atoms with van der Waals surface area (Å²) < 4.78 is 5.20. The van der Waals surface area contributed by atoms with Gasteiger partial charge in [-0.25, -0.2) is 0 Å². The normalized spacial score (nSPS) is 22.3. The van der Waals surface area contributed by atoms with Crippen LogP contribution in [-0.4, -0.2) is 43.0 Å². The summed E-state index contributed by atoms with van der Waals surface area (Å²) in [6, 6.07) is 4.86. The quantitative estimate of drug-likeness (QED) is 0.840. The fourth-order valence-corrected chi connectivity index (χ4v) is 3.25. The predicted molar refractivity (Wildman–Crippen MR) is 79.7 cm³/mol. The summed E-state index contributed by atoms with van der Waals surface area (Å²) in [5.41, 5.74) is 0.613. The average molecular weight is 309 g/mol. The summed E-state index contributed by atoms with van der Waals surface area (Å²) in [4.78, 5) is 28.2. The Morgan fingerprint density at radius 1 is 1.29 bits per heavy atom. The molecule has 2 aliphatic rings. The molecule has 1 aromatic carbocycles. The SMILES string of the molecule is COc1ccc(Cl)c(N2CCC(=O)N3CCCC3C2=O)c1. The molecule has 2 saturated heterocycles. The van der Waals surface area contributed by atoms with Gasteiger partial charge in [-0.1, -0.05) is 11.6 Å². The van der Waals surface area contributed by atoms with E-state index in [0.717, 1.165) is 12.8 Å². The van der Waals surface area contributed by atoms with Gasteiger partial charge in [-0.3, -0.25) is 9.59 Å². The molecule has 112 valence electrons. The number of carbonyl (C=O) groups is 2. The van der Waals surface area contributed by atoms with Crippen molar-refractivity contribution < 1.29 is 14.3 Å². The van der Waals surface area contributed by atoms with Crippen LogP contribution in [0.15, 0.2) is 18.2 Å². The summed E-state index contributed by atoms with van der Waals surface area (Å²) in [5.74, 6) is 0.641. The standard InChI is InChI=1S/C15H17ClN2O3/c1-21-10-4-5-11(16)13(9-10)18-8-6-14(19)17-7-2-3-12(17)15(18)20/h4-5,9,12H,2-3,6-8H2,1H3. The molecule has 0 radical (unpaired) electrons. The van der Waals surface area contributed by atoms with E-state index in [2.05, 4.69) is 0 Å². The summed E-state index contributed by atoms with van der Waals surface area (Å²) in [6.45, 7) is 1.03. The molecule has 2 fully saturated rings. The number of anilines is 1. The maximum atomic E-state index is 12.8. The molecule has 1 unspecified atom stereocenters. The number of hydrogen-bond acceptors (Lipinski definition) is 3. The minimum Gasteiger partial charge on any atom is -0.497 e. The lowest BCUT2D eigenvalue weighted by molar-refractivity contribution is -0.135. The number of benzene rings is 1. The van der Waals surface area contributed by atoms with E-state index in [9.17, 15) is 9.59 Å². The Morgan fingerprint density at radius 3 is 2.86 bits per heavy atom. The van der Waals surface area contributed by atoms with Gasteiger partial charge in [-0.05, 0) is 25.0 Å². The second kappa shape index (κ2) is 5.56. The highest BCUT2D eigenvalue weighted by molar-refractivity contribution is 6.34. The third-order valence-electron chi connectivity index (χ3n) is 4.12. The molecule has 0 bridgehead atoms. The summed E-state index contributed by atoms with van der Waals surface area (Å²) in [5, 5.41) is 0.489. The molecule has 2 aliphatic heterocycles. The first kappa shape index (κ1) is 14.2. The van der Waals surface area contributed by atoms with Crippen molar-refractivity contribution in [3.63, 3.8) is 0 Å². The van der Waals surface area contributed by atoms with E-state index in [1.54, 1.807) is 35.1 Å². The van der Waals surface area contributed by atoms with E-state index in [-0.39, 0.29) is 17.9 Å². The minimum atomic E-state index is -0.345. The second-order valence-corrected chi connectivity index (χ2v) is 5.71. The molecule has 21 heavy (non-hydrogen) atoms. The van der Waals surface area contributed by atoms with Crippen molar-refractivity contribution in [1.29, 1.82) is 0 Å². The van der Waals surface area contributed by atoms with E-state index < -0.39 is 0 Å². The molecule has 0 spiro atoms. The van der Waals surface area contributed by atoms with Crippen molar-refractivity contribution >= 4 is 29.1 Å². The molecule has 0 saturated carbocycles. The Kier molecular flexibility index (Phi) is 3.76. The predicted octanol–water partition coefficient (Wildman–Crippen LogP) is 2.08. The Hall–Kier alpha value is -1.75. The van der Waals surface area contributed by atoms with Crippen molar-refractivity contribution in [2.45, 2.75) is 25.3 Å². The van der Waals surface area contributed by atoms with Gasteiger partial charge in [0.1, 0.15) is 11.8 Å². The van der Waals surface area contributed by atoms with Crippen LogP contribution in [0, 0.1) is 0 Å². The summed E-state index contributed by atoms with van der Waals surface area (Å²) in [7, 11) is 1.57. The first-order valence-corrected chi connectivity index (χ1v) is 7.44. The lowest BCUT2D eigenvalue weighted by Gasteiger charge is -2.26. The number of fused-ring (bicyclic) bond motifs is 1. The maximum Gasteiger partial charge on any atom is 0.249 e. The molecule has 5 nitrogen and oxygen atoms in total. The number of nitrogens with zero attached hydrogens (tertiary/aromatic N) is 2. The van der Waals surface area contributed by atoms with Gasteiger partial charge in [0.15, 0.2) is 0 Å². The number of amides is 2. The Bertz CT molecular complexity index is 590. The highest BCUT2D eigenvalue weighted by Crippen LogP contribution is 2.33. The van der Waals surface area contributed by atoms with Crippen molar-refractivity contribution in [3.05, 3.63) is 23.2 Å². The molecular formula is C15H17ClN2O3. The molecule has 0 aliphatic carbocycles. The van der Waals surface area contributed by atoms with E-state index in [1.807, 2.05) is 0 Å². The number of carbonyl (C=O) groups excluding carboxylic acids is 2. The minimum absolute atomic E-state index is 0.0477. The van der Waals surface area contributed by atoms with Gasteiger partial charge in [-0.15, -0.1) is 0 Å². The second-order valence-electron chi connectivity index (χ2n) is 5.30. The molecule has 0 N–H and O–H groups in total. The Morgan fingerprint density at radius 2 is 2.10 bits per heavy atom. The van der Waals surface area contributed by atoms with Gasteiger partial charge in [-0.2, -0.15) is 0 Å². The molecule has 6 heteroatoms. The molecule has 1 aromatic rings. The van der Waals surface area contributed by atoms with E-state index in [1.165, 1.54) is 0 Å². The fourth-order valence-electron chi connectivity index (χ4n) is 3.03. The topological polar surface area (TPSA) is 49.9 Å². The van der Waals surface area contributed by atoms with Crippen LogP contribution in [0.5, 0.6) is 5.75 Å². The summed E-state index contributed by atoms with van der Waals surface area (Å²) in [6.07, 6.45) is 1.93. The maximum absolute atomic E-state index is 12.8. The van der Waals surface area contributed by atoms with Gasteiger partial charge in [0.25, 0.3) is 0 Å². The van der Waals surface area contributed by atoms with Crippen LogP contribution in [0.3, 0.4) is 0 Å². The van der Waals surface area contributed by atoms with Crippen LogP contribution < -0.4 is 9.64 Å². The first-order chi connectivity index (χ1) is 10.1. The fraction of sp³-hybridized carbons (Fsp3) is 0.467. The number of rotatable bonds is 2. The van der Waals surface area contributed by atoms with Gasteiger partial charge in [0.05, 0.1) is 17.8 Å². The van der Waals surface area contributed by atoms with Crippen molar-refractivity contribution in [2.75, 3.05) is 25.1 Å². The highest BCUT2D eigenvalue weighted by Gasteiger charge is 2.40. The van der Waals surface area contributed by atoms with Crippen molar-refractivity contribution in [3.8, 4) is 5.75 Å². The molecule has 0 aromatic heterocycles. The lowest BCUT2D eigenvalue weighted by atomic mass is 10.1. The van der Waals surface area contributed by atoms with Crippen LogP contribution in [0.2, 0.25) is 5.02 Å². The van der Waals surface area contributed by atoms with Gasteiger partial charge in [0.2, 0.25) is 11.8 Å².